The molecule has 0 unspecified atom stereocenters. The van der Waals surface area contributed by atoms with Crippen molar-refractivity contribution in [1.82, 2.24) is 23.6 Å². The molecule has 0 amide bonds. The van der Waals surface area contributed by atoms with E-state index in [2.05, 4.69) is 10.00 Å². The molecule has 31 heavy (non-hydrogen) atoms. The number of hydrogen-bond donors (Lipinski definition) is 0. The Hall–Kier alpha value is -2.04. The molecule has 2 aromatic carbocycles. The molecule has 10 heteroatoms. The molecule has 2 heterocycles. The highest BCUT2D eigenvalue weighted by Crippen LogP contribution is 2.26. The maximum atomic E-state index is 12.9. The fourth-order valence-corrected chi connectivity index (χ4v) is 5.44. The smallest absolute Gasteiger partial charge is 0.243 e. The molecule has 1 aromatic heterocycles. The highest BCUT2D eigenvalue weighted by atomic mass is 35.5. The van der Waals surface area contributed by atoms with Gasteiger partial charge in [0.15, 0.2) is 10.6 Å². The average molecular weight is 478 g/mol. The number of nitrogens with zero attached hydrogens (tertiary/aromatic N) is 5. The molecule has 1 saturated heterocycles. The van der Waals surface area contributed by atoms with Gasteiger partial charge in [0.25, 0.3) is 0 Å². The lowest BCUT2D eigenvalue weighted by Gasteiger charge is -2.33. The van der Waals surface area contributed by atoms with E-state index in [4.69, 9.17) is 23.8 Å². The molecule has 0 saturated carbocycles. The van der Waals surface area contributed by atoms with Crippen LogP contribution in [0.2, 0.25) is 5.02 Å². The number of aryl methyl sites for hydroxylation is 1. The van der Waals surface area contributed by atoms with Crippen molar-refractivity contribution in [1.29, 1.82) is 0 Å². The van der Waals surface area contributed by atoms with Gasteiger partial charge < -0.3 is 4.57 Å². The van der Waals surface area contributed by atoms with Crippen LogP contribution in [-0.2, 0) is 23.7 Å². The van der Waals surface area contributed by atoms with Crippen LogP contribution >= 0.6 is 23.8 Å². The summed E-state index contributed by atoms with van der Waals surface area (Å²) in [7, 11) is -1.61. The van der Waals surface area contributed by atoms with E-state index in [0.29, 0.717) is 53.4 Å². The largest absolute Gasteiger partial charge is 0.303 e. The normalized spacial score (nSPS) is 16.0. The second-order valence-corrected chi connectivity index (χ2v) is 10.3. The molecule has 3 aromatic rings. The van der Waals surface area contributed by atoms with E-state index in [9.17, 15) is 8.42 Å². The van der Waals surface area contributed by atoms with Crippen molar-refractivity contribution in [2.24, 2.45) is 7.05 Å². The van der Waals surface area contributed by atoms with Gasteiger partial charge in [-0.05, 0) is 43.4 Å². The lowest BCUT2D eigenvalue weighted by molar-refractivity contribution is 0.144. The van der Waals surface area contributed by atoms with E-state index in [1.54, 1.807) is 21.1 Å². The van der Waals surface area contributed by atoms with Gasteiger partial charge in [-0.2, -0.15) is 9.40 Å². The van der Waals surface area contributed by atoms with Crippen molar-refractivity contribution in [3.63, 3.8) is 0 Å². The first-order valence-electron chi connectivity index (χ1n) is 9.95. The van der Waals surface area contributed by atoms with Crippen molar-refractivity contribution in [3.8, 4) is 11.4 Å². The van der Waals surface area contributed by atoms with Crippen LogP contribution < -0.4 is 0 Å². The molecular weight excluding hydrogens is 454 g/mol. The quantitative estimate of drug-likeness (QED) is 0.526. The molecule has 0 bridgehead atoms. The Morgan fingerprint density at radius 1 is 1.03 bits per heavy atom. The molecule has 0 spiro atoms. The first kappa shape index (κ1) is 22.2. The Balaban J connectivity index is 1.46. The standard InChI is InChI=1S/C21H24ClN5O2S2/c1-16-7-9-17(10-8-16)31(28,29)26-13-11-25(12-14-26)15-27-21(30)24(2)20(23-27)18-5-3-4-6-19(18)22/h3-10H,11-15H2,1-2H3. The van der Waals surface area contributed by atoms with Crippen LogP contribution in [0.5, 0.6) is 0 Å². The zero-order valence-corrected chi connectivity index (χ0v) is 19.8. The van der Waals surface area contributed by atoms with E-state index < -0.39 is 10.0 Å². The van der Waals surface area contributed by atoms with Crippen molar-refractivity contribution in [3.05, 3.63) is 63.9 Å². The van der Waals surface area contributed by atoms with Crippen molar-refractivity contribution in [2.45, 2.75) is 18.5 Å². The van der Waals surface area contributed by atoms with Crippen LogP contribution in [-0.4, -0.2) is 58.1 Å². The zero-order valence-electron chi connectivity index (χ0n) is 17.4. The number of aromatic nitrogens is 3. The summed E-state index contributed by atoms with van der Waals surface area (Å²) >= 11 is 11.9. The maximum absolute atomic E-state index is 12.9. The molecular formula is C21H24ClN5O2S2. The monoisotopic (exact) mass is 477 g/mol. The molecule has 0 atom stereocenters. The third-order valence-corrected chi connectivity index (χ3v) is 8.21. The number of hydrogen-bond acceptors (Lipinski definition) is 5. The Bertz CT molecular complexity index is 1240. The van der Waals surface area contributed by atoms with Crippen LogP contribution in [0.3, 0.4) is 0 Å². The van der Waals surface area contributed by atoms with Gasteiger partial charge in [0.1, 0.15) is 0 Å². The molecule has 0 radical (unpaired) electrons. The number of rotatable bonds is 5. The number of piperazine rings is 1. The summed E-state index contributed by atoms with van der Waals surface area (Å²) < 4.78 is 31.6. The SMILES string of the molecule is Cc1ccc(S(=O)(=O)N2CCN(Cn3nc(-c4ccccc4Cl)n(C)c3=S)CC2)cc1. The molecule has 0 aliphatic carbocycles. The van der Waals surface area contributed by atoms with Crippen LogP contribution in [0.4, 0.5) is 0 Å². The predicted molar refractivity (Wildman–Crippen MR) is 124 cm³/mol. The summed E-state index contributed by atoms with van der Waals surface area (Å²) in [4.78, 5) is 2.49. The van der Waals surface area contributed by atoms with Crippen LogP contribution in [0.15, 0.2) is 53.4 Å². The predicted octanol–water partition coefficient (Wildman–Crippen LogP) is 3.54. The van der Waals surface area contributed by atoms with Gasteiger partial charge in [0.05, 0.1) is 16.6 Å². The number of benzene rings is 2. The lowest BCUT2D eigenvalue weighted by Crippen LogP contribution is -2.48. The van der Waals surface area contributed by atoms with Crippen LogP contribution in [0.25, 0.3) is 11.4 Å². The second kappa shape index (κ2) is 8.84. The fourth-order valence-electron chi connectivity index (χ4n) is 3.62. The minimum Gasteiger partial charge on any atom is -0.303 e. The fraction of sp³-hybridized carbons (Fsp3) is 0.333. The topological polar surface area (TPSA) is 63.4 Å². The van der Waals surface area contributed by atoms with Gasteiger partial charge in [-0.25, -0.2) is 13.1 Å². The van der Waals surface area contributed by atoms with E-state index in [1.807, 2.05) is 54.9 Å². The van der Waals surface area contributed by atoms with Gasteiger partial charge in [-0.3, -0.25) is 4.90 Å². The summed E-state index contributed by atoms with van der Waals surface area (Å²) in [5, 5.41) is 5.29. The molecule has 164 valence electrons. The summed E-state index contributed by atoms with van der Waals surface area (Å²) in [5.41, 5.74) is 1.86. The summed E-state index contributed by atoms with van der Waals surface area (Å²) in [6.45, 7) is 4.49. The number of halogens is 1. The first-order chi connectivity index (χ1) is 14.8. The third-order valence-electron chi connectivity index (χ3n) is 5.48. The lowest BCUT2D eigenvalue weighted by atomic mass is 10.2. The summed E-state index contributed by atoms with van der Waals surface area (Å²) in [6.07, 6.45) is 0. The maximum Gasteiger partial charge on any atom is 0.243 e. The Morgan fingerprint density at radius 3 is 2.32 bits per heavy atom. The van der Waals surface area contributed by atoms with E-state index in [0.717, 1.165) is 11.1 Å². The molecule has 4 rings (SSSR count). The molecule has 7 nitrogen and oxygen atoms in total. The van der Waals surface area contributed by atoms with Crippen molar-refractivity contribution in [2.75, 3.05) is 26.2 Å². The first-order valence-corrected chi connectivity index (χ1v) is 12.2. The Kier molecular flexibility index (Phi) is 6.32. The molecule has 1 aliphatic rings. The van der Waals surface area contributed by atoms with Crippen LogP contribution in [0.1, 0.15) is 5.56 Å². The summed E-state index contributed by atoms with van der Waals surface area (Å²) in [5.74, 6) is 0.705. The minimum atomic E-state index is -3.48. The van der Waals surface area contributed by atoms with Gasteiger partial charge in [-0.15, -0.1) is 0 Å². The summed E-state index contributed by atoms with van der Waals surface area (Å²) in [6, 6.07) is 14.5. The van der Waals surface area contributed by atoms with E-state index >= 15 is 0 Å². The molecule has 1 aliphatic heterocycles. The highest BCUT2D eigenvalue weighted by molar-refractivity contribution is 7.89. The van der Waals surface area contributed by atoms with E-state index in [1.165, 1.54) is 0 Å². The number of sulfonamides is 1. The third kappa shape index (κ3) is 4.47. The van der Waals surface area contributed by atoms with Gasteiger partial charge >= 0.3 is 0 Å². The van der Waals surface area contributed by atoms with Crippen molar-refractivity contribution >= 4 is 33.8 Å². The highest BCUT2D eigenvalue weighted by Gasteiger charge is 2.28. The van der Waals surface area contributed by atoms with Gasteiger partial charge in [0, 0.05) is 38.8 Å². The Morgan fingerprint density at radius 2 is 1.68 bits per heavy atom. The zero-order chi connectivity index (χ0) is 22.2. The van der Waals surface area contributed by atoms with Crippen molar-refractivity contribution < 1.29 is 8.42 Å². The van der Waals surface area contributed by atoms with Crippen LogP contribution in [0, 0.1) is 11.7 Å². The minimum absolute atomic E-state index is 0.336. The van der Waals surface area contributed by atoms with E-state index in [-0.39, 0.29) is 0 Å². The molecule has 1 fully saturated rings. The second-order valence-electron chi connectivity index (χ2n) is 7.62. The van der Waals surface area contributed by atoms with Gasteiger partial charge in [0.2, 0.25) is 10.0 Å². The Labute approximate surface area is 192 Å². The molecule has 0 N–H and O–H groups in total. The van der Waals surface area contributed by atoms with Gasteiger partial charge in [-0.1, -0.05) is 41.4 Å². The average Bonchev–Trinajstić information content (AvgIpc) is 3.03.